The molecule has 1 aliphatic rings. The van der Waals surface area contributed by atoms with Crippen molar-refractivity contribution < 1.29 is 9.52 Å². The lowest BCUT2D eigenvalue weighted by atomic mass is 9.96. The molecular formula is C20H30IN3O2S. The molecule has 0 amide bonds. The number of nitrogens with one attached hydrogen (secondary N) is 2. The van der Waals surface area contributed by atoms with E-state index >= 15 is 0 Å². The number of furan rings is 1. The highest BCUT2D eigenvalue weighted by Crippen LogP contribution is 2.25. The van der Waals surface area contributed by atoms with Crippen LogP contribution in [0.15, 0.2) is 45.3 Å². The molecule has 3 rings (SSSR count). The smallest absolute Gasteiger partial charge is 0.191 e. The van der Waals surface area contributed by atoms with Crippen LogP contribution in [0.4, 0.5) is 0 Å². The van der Waals surface area contributed by atoms with E-state index in [0.29, 0.717) is 12.6 Å². The van der Waals surface area contributed by atoms with Gasteiger partial charge in [-0.2, -0.15) is 0 Å². The molecule has 0 aliphatic heterocycles. The predicted molar refractivity (Wildman–Crippen MR) is 122 cm³/mol. The summed E-state index contributed by atoms with van der Waals surface area (Å²) in [6.45, 7) is 2.90. The number of hydrogen-bond acceptors (Lipinski definition) is 4. The summed E-state index contributed by atoms with van der Waals surface area (Å²) >= 11 is 1.56. The van der Waals surface area contributed by atoms with E-state index in [-0.39, 0.29) is 24.0 Å². The number of aliphatic imine (C=N–C) groups is 1. The molecule has 0 bridgehead atoms. The third kappa shape index (κ3) is 7.12. The maximum Gasteiger partial charge on any atom is 0.191 e. The zero-order valence-electron chi connectivity index (χ0n) is 15.8. The Hall–Kier alpha value is -1.06. The Bertz CT molecular complexity index is 665. The van der Waals surface area contributed by atoms with E-state index in [4.69, 9.17) is 4.42 Å². The molecule has 7 heteroatoms. The lowest BCUT2D eigenvalue weighted by Gasteiger charge is -2.26. The SMILES string of the molecule is CC(O)(CN=C(NCCc1ccco1)NC1CCCCC1)c1cccs1.I. The summed E-state index contributed by atoms with van der Waals surface area (Å²) in [4.78, 5) is 5.62. The Labute approximate surface area is 182 Å². The van der Waals surface area contributed by atoms with Gasteiger partial charge in [0.15, 0.2) is 5.96 Å². The average molecular weight is 503 g/mol. The van der Waals surface area contributed by atoms with E-state index in [1.807, 2.05) is 36.6 Å². The van der Waals surface area contributed by atoms with E-state index in [1.165, 1.54) is 32.1 Å². The van der Waals surface area contributed by atoms with Gasteiger partial charge in [-0.15, -0.1) is 35.3 Å². The first-order valence-electron chi connectivity index (χ1n) is 9.47. The van der Waals surface area contributed by atoms with Gasteiger partial charge in [-0.1, -0.05) is 25.3 Å². The molecule has 27 heavy (non-hydrogen) atoms. The van der Waals surface area contributed by atoms with Gasteiger partial charge in [0.25, 0.3) is 0 Å². The maximum atomic E-state index is 10.7. The molecule has 1 aliphatic carbocycles. The van der Waals surface area contributed by atoms with Crippen LogP contribution >= 0.6 is 35.3 Å². The lowest BCUT2D eigenvalue weighted by molar-refractivity contribution is 0.0711. The fraction of sp³-hybridized carbons (Fsp3) is 0.550. The van der Waals surface area contributed by atoms with Gasteiger partial charge in [-0.05, 0) is 43.3 Å². The molecule has 1 saturated carbocycles. The minimum atomic E-state index is -0.948. The average Bonchev–Trinajstić information content (AvgIpc) is 3.34. The van der Waals surface area contributed by atoms with Crippen LogP contribution < -0.4 is 10.6 Å². The van der Waals surface area contributed by atoms with Crippen molar-refractivity contribution >= 4 is 41.3 Å². The van der Waals surface area contributed by atoms with Gasteiger partial charge in [-0.25, -0.2) is 4.99 Å². The lowest BCUT2D eigenvalue weighted by Crippen LogP contribution is -2.45. The molecule has 0 spiro atoms. The second-order valence-corrected chi connectivity index (χ2v) is 8.10. The van der Waals surface area contributed by atoms with E-state index in [1.54, 1.807) is 17.6 Å². The molecule has 5 nitrogen and oxygen atoms in total. The van der Waals surface area contributed by atoms with Crippen molar-refractivity contribution in [2.45, 2.75) is 57.1 Å². The second kappa shape index (κ2) is 11.1. The molecule has 1 atom stereocenters. The van der Waals surface area contributed by atoms with Crippen molar-refractivity contribution in [3.05, 3.63) is 46.5 Å². The van der Waals surface area contributed by atoms with Gasteiger partial charge < -0.3 is 20.2 Å². The Morgan fingerprint density at radius 2 is 2.11 bits per heavy atom. The molecule has 3 N–H and O–H groups in total. The van der Waals surface area contributed by atoms with Crippen molar-refractivity contribution in [1.29, 1.82) is 0 Å². The highest BCUT2D eigenvalue weighted by molar-refractivity contribution is 14.0. The fourth-order valence-electron chi connectivity index (χ4n) is 3.25. The minimum Gasteiger partial charge on any atom is -0.469 e. The number of rotatable bonds is 7. The monoisotopic (exact) mass is 503 g/mol. The number of halogens is 1. The van der Waals surface area contributed by atoms with Crippen molar-refractivity contribution in [2.75, 3.05) is 13.1 Å². The second-order valence-electron chi connectivity index (χ2n) is 7.15. The van der Waals surface area contributed by atoms with Gasteiger partial charge in [0.1, 0.15) is 11.4 Å². The first-order valence-corrected chi connectivity index (χ1v) is 10.3. The molecule has 2 aromatic rings. The van der Waals surface area contributed by atoms with Crippen LogP contribution in [0.1, 0.15) is 49.7 Å². The Morgan fingerprint density at radius 3 is 2.78 bits per heavy atom. The summed E-state index contributed by atoms with van der Waals surface area (Å²) in [7, 11) is 0. The highest BCUT2D eigenvalue weighted by atomic mass is 127. The quantitative estimate of drug-likeness (QED) is 0.300. The standard InChI is InChI=1S/C20H29N3O2S.HI/c1-20(24,18-10-6-14-26-18)15-22-19(23-16-7-3-2-4-8-16)21-12-11-17-9-5-13-25-17;/h5-6,9-10,13-14,16,24H,2-4,7-8,11-12,15H2,1H3,(H2,21,22,23);1H. The van der Waals surface area contributed by atoms with Crippen molar-refractivity contribution in [2.24, 2.45) is 4.99 Å². The minimum absolute atomic E-state index is 0. The largest absolute Gasteiger partial charge is 0.469 e. The fourth-order valence-corrected chi connectivity index (χ4v) is 4.03. The van der Waals surface area contributed by atoms with Crippen LogP contribution in [0.3, 0.4) is 0 Å². The molecule has 1 unspecified atom stereocenters. The molecule has 0 aromatic carbocycles. The van der Waals surface area contributed by atoms with Crippen molar-refractivity contribution in [1.82, 2.24) is 10.6 Å². The van der Waals surface area contributed by atoms with E-state index in [0.717, 1.165) is 29.6 Å². The predicted octanol–water partition coefficient (Wildman–Crippen LogP) is 4.28. The Balaban J connectivity index is 0.00000261. The first kappa shape index (κ1) is 22.2. The summed E-state index contributed by atoms with van der Waals surface area (Å²) in [5.74, 6) is 1.74. The number of hydrogen-bond donors (Lipinski definition) is 3. The van der Waals surface area contributed by atoms with E-state index in [2.05, 4.69) is 15.6 Å². The summed E-state index contributed by atoms with van der Waals surface area (Å²) in [6.07, 6.45) is 8.72. The Kier molecular flexibility index (Phi) is 9.11. The van der Waals surface area contributed by atoms with Gasteiger partial charge in [0.2, 0.25) is 0 Å². The van der Waals surface area contributed by atoms with Crippen molar-refractivity contribution in [3.63, 3.8) is 0 Å². The van der Waals surface area contributed by atoms with Gasteiger partial charge >= 0.3 is 0 Å². The number of guanidine groups is 1. The van der Waals surface area contributed by atoms with Gasteiger partial charge in [0, 0.05) is 23.9 Å². The normalized spacial score (nSPS) is 17.8. The molecule has 0 radical (unpaired) electrons. The van der Waals surface area contributed by atoms with Crippen LogP contribution in [-0.4, -0.2) is 30.2 Å². The number of thiophene rings is 1. The van der Waals surface area contributed by atoms with E-state index < -0.39 is 5.60 Å². The molecule has 150 valence electrons. The number of aliphatic hydroxyl groups is 1. The summed E-state index contributed by atoms with van der Waals surface area (Å²) < 4.78 is 5.39. The summed E-state index contributed by atoms with van der Waals surface area (Å²) in [5, 5.41) is 19.7. The molecule has 2 aromatic heterocycles. The first-order chi connectivity index (χ1) is 12.6. The summed E-state index contributed by atoms with van der Waals surface area (Å²) in [5.41, 5.74) is -0.948. The number of nitrogens with zero attached hydrogens (tertiary/aromatic N) is 1. The maximum absolute atomic E-state index is 10.7. The van der Waals surface area contributed by atoms with Gasteiger partial charge in [-0.3, -0.25) is 0 Å². The van der Waals surface area contributed by atoms with Crippen LogP contribution in [0.25, 0.3) is 0 Å². The zero-order chi connectivity index (χ0) is 18.2. The highest BCUT2D eigenvalue weighted by Gasteiger charge is 2.24. The topological polar surface area (TPSA) is 69.8 Å². The molecule has 1 fully saturated rings. The van der Waals surface area contributed by atoms with Crippen molar-refractivity contribution in [3.8, 4) is 0 Å². The van der Waals surface area contributed by atoms with Gasteiger partial charge in [0.05, 0.1) is 12.8 Å². The van der Waals surface area contributed by atoms with Crippen LogP contribution in [-0.2, 0) is 12.0 Å². The third-order valence-electron chi connectivity index (χ3n) is 4.79. The van der Waals surface area contributed by atoms with E-state index in [9.17, 15) is 5.11 Å². The molecule has 0 saturated heterocycles. The summed E-state index contributed by atoms with van der Waals surface area (Å²) in [6, 6.07) is 8.27. The molecule has 2 heterocycles. The van der Waals surface area contributed by atoms with Crippen LogP contribution in [0.5, 0.6) is 0 Å². The Morgan fingerprint density at radius 1 is 1.30 bits per heavy atom. The zero-order valence-corrected chi connectivity index (χ0v) is 19.0. The third-order valence-corrected chi connectivity index (χ3v) is 5.91. The van der Waals surface area contributed by atoms with Crippen LogP contribution in [0.2, 0.25) is 0 Å². The molecular weight excluding hydrogens is 473 g/mol. The van der Waals surface area contributed by atoms with Crippen LogP contribution in [0, 0.1) is 0 Å².